The lowest BCUT2D eigenvalue weighted by atomic mass is 9.95. The minimum absolute atomic E-state index is 0.0142. The average molecular weight is 281 g/mol. The SMILES string of the molecule is NCCCCc1c(NC2CCCCC2)n[nH]c1[N+](=O)[O-]. The molecular weight excluding hydrogens is 258 g/mol. The van der Waals surface area contributed by atoms with Crippen LogP contribution in [-0.2, 0) is 6.42 Å². The minimum atomic E-state index is -0.392. The first-order valence-corrected chi connectivity index (χ1v) is 7.40. The molecule has 20 heavy (non-hydrogen) atoms. The maximum atomic E-state index is 11.0. The predicted molar refractivity (Wildman–Crippen MR) is 77.7 cm³/mol. The van der Waals surface area contributed by atoms with Crippen LogP contribution in [0.3, 0.4) is 0 Å². The van der Waals surface area contributed by atoms with E-state index in [0.717, 1.165) is 25.7 Å². The zero-order valence-electron chi connectivity index (χ0n) is 11.7. The molecule has 0 aliphatic heterocycles. The van der Waals surface area contributed by atoms with E-state index in [1.165, 1.54) is 19.3 Å². The lowest BCUT2D eigenvalue weighted by Crippen LogP contribution is -2.23. The number of H-pyrrole nitrogens is 1. The molecule has 1 fully saturated rings. The molecule has 0 aromatic carbocycles. The number of anilines is 1. The summed E-state index contributed by atoms with van der Waals surface area (Å²) in [6.45, 7) is 0.608. The lowest BCUT2D eigenvalue weighted by molar-refractivity contribution is -0.390. The molecule has 0 spiro atoms. The van der Waals surface area contributed by atoms with Crippen LogP contribution in [0.2, 0.25) is 0 Å². The van der Waals surface area contributed by atoms with Gasteiger partial charge >= 0.3 is 5.82 Å². The highest BCUT2D eigenvalue weighted by Crippen LogP contribution is 2.28. The number of nitro groups is 1. The third kappa shape index (κ3) is 3.69. The third-order valence-electron chi connectivity index (χ3n) is 3.85. The van der Waals surface area contributed by atoms with Crippen molar-refractivity contribution in [1.82, 2.24) is 10.2 Å². The number of unbranched alkanes of at least 4 members (excludes halogenated alkanes) is 1. The van der Waals surface area contributed by atoms with Crippen molar-refractivity contribution in [3.63, 3.8) is 0 Å². The van der Waals surface area contributed by atoms with Crippen molar-refractivity contribution in [2.45, 2.75) is 57.4 Å². The number of hydrogen-bond acceptors (Lipinski definition) is 5. The van der Waals surface area contributed by atoms with Gasteiger partial charge in [-0.1, -0.05) is 24.4 Å². The Balaban J connectivity index is 2.07. The molecule has 0 atom stereocenters. The number of hydrogen-bond donors (Lipinski definition) is 3. The van der Waals surface area contributed by atoms with Crippen LogP contribution >= 0.6 is 0 Å². The maximum absolute atomic E-state index is 11.0. The quantitative estimate of drug-likeness (QED) is 0.403. The fourth-order valence-electron chi connectivity index (χ4n) is 2.75. The summed E-state index contributed by atoms with van der Waals surface area (Å²) >= 11 is 0. The molecule has 7 heteroatoms. The summed E-state index contributed by atoms with van der Waals surface area (Å²) in [5.74, 6) is 0.668. The van der Waals surface area contributed by atoms with E-state index in [0.29, 0.717) is 30.4 Å². The van der Waals surface area contributed by atoms with Gasteiger partial charge in [0.2, 0.25) is 0 Å². The van der Waals surface area contributed by atoms with Crippen molar-refractivity contribution in [2.75, 3.05) is 11.9 Å². The second-order valence-electron chi connectivity index (χ2n) is 5.38. The van der Waals surface area contributed by atoms with Gasteiger partial charge in [0.15, 0.2) is 5.82 Å². The molecule has 0 saturated heterocycles. The van der Waals surface area contributed by atoms with Crippen molar-refractivity contribution in [1.29, 1.82) is 0 Å². The summed E-state index contributed by atoms with van der Waals surface area (Å²) in [4.78, 5) is 10.6. The van der Waals surface area contributed by atoms with Gasteiger partial charge in [0.1, 0.15) is 0 Å². The van der Waals surface area contributed by atoms with E-state index in [1.807, 2.05) is 0 Å². The number of nitrogens with zero attached hydrogens (tertiary/aromatic N) is 2. The van der Waals surface area contributed by atoms with Crippen molar-refractivity contribution in [3.05, 3.63) is 15.7 Å². The summed E-state index contributed by atoms with van der Waals surface area (Å²) in [5.41, 5.74) is 6.17. The molecule has 1 saturated carbocycles. The van der Waals surface area contributed by atoms with Crippen LogP contribution in [0.1, 0.15) is 50.5 Å². The van der Waals surface area contributed by atoms with E-state index in [1.54, 1.807) is 0 Å². The van der Waals surface area contributed by atoms with Crippen molar-refractivity contribution in [3.8, 4) is 0 Å². The standard InChI is InChI=1S/C13H23N5O2/c14-9-5-4-8-11-12(16-17-13(11)18(19)20)15-10-6-2-1-3-7-10/h10H,1-9,14H2,(H2,15,16,17). The predicted octanol–water partition coefficient (Wildman–Crippen LogP) is 2.34. The molecule has 0 radical (unpaired) electrons. The van der Waals surface area contributed by atoms with Crippen LogP contribution in [0.15, 0.2) is 0 Å². The molecule has 4 N–H and O–H groups in total. The topological polar surface area (TPSA) is 110 Å². The van der Waals surface area contributed by atoms with E-state index in [9.17, 15) is 10.1 Å². The van der Waals surface area contributed by atoms with E-state index in [-0.39, 0.29) is 5.82 Å². The first-order valence-electron chi connectivity index (χ1n) is 7.40. The zero-order chi connectivity index (χ0) is 14.4. The Bertz CT molecular complexity index is 440. The molecule has 2 rings (SSSR count). The molecule has 0 bridgehead atoms. The molecular formula is C13H23N5O2. The van der Waals surface area contributed by atoms with Gasteiger partial charge in [0.25, 0.3) is 0 Å². The first kappa shape index (κ1) is 14.8. The van der Waals surface area contributed by atoms with Gasteiger partial charge in [-0.2, -0.15) is 0 Å². The van der Waals surface area contributed by atoms with Crippen LogP contribution in [-0.4, -0.2) is 27.7 Å². The Morgan fingerprint density at radius 3 is 2.75 bits per heavy atom. The molecule has 112 valence electrons. The van der Waals surface area contributed by atoms with Gasteiger partial charge in [-0.3, -0.25) is 0 Å². The minimum Gasteiger partial charge on any atom is -0.364 e. The highest BCUT2D eigenvalue weighted by Gasteiger charge is 2.23. The molecule has 0 unspecified atom stereocenters. The fourth-order valence-corrected chi connectivity index (χ4v) is 2.75. The van der Waals surface area contributed by atoms with Crippen LogP contribution in [0, 0.1) is 10.1 Å². The van der Waals surface area contributed by atoms with E-state index >= 15 is 0 Å². The van der Waals surface area contributed by atoms with Crippen molar-refractivity contribution >= 4 is 11.6 Å². The van der Waals surface area contributed by atoms with Gasteiger partial charge in [-0.05, 0) is 43.6 Å². The molecule has 0 amide bonds. The van der Waals surface area contributed by atoms with Gasteiger partial charge in [-0.25, -0.2) is 0 Å². The second kappa shape index (κ2) is 7.23. The number of rotatable bonds is 7. The van der Waals surface area contributed by atoms with E-state index in [4.69, 9.17) is 5.73 Å². The third-order valence-corrected chi connectivity index (χ3v) is 3.85. The van der Waals surface area contributed by atoms with Gasteiger partial charge in [0.05, 0.1) is 5.56 Å². The summed E-state index contributed by atoms with van der Waals surface area (Å²) < 4.78 is 0. The lowest BCUT2D eigenvalue weighted by Gasteiger charge is -2.22. The normalized spacial score (nSPS) is 16.2. The Kier molecular flexibility index (Phi) is 5.34. The van der Waals surface area contributed by atoms with Gasteiger partial charge in [0, 0.05) is 6.04 Å². The smallest absolute Gasteiger partial charge is 0.348 e. The summed E-state index contributed by atoms with van der Waals surface area (Å²) in [6.07, 6.45) is 8.29. The number of nitrogens with one attached hydrogen (secondary N) is 2. The summed E-state index contributed by atoms with van der Waals surface area (Å²) in [5, 5.41) is 21.1. The summed E-state index contributed by atoms with van der Waals surface area (Å²) in [6, 6.07) is 0.389. The largest absolute Gasteiger partial charge is 0.364 e. The Hall–Kier alpha value is -1.63. The molecule has 1 aromatic heterocycles. The molecule has 1 aliphatic carbocycles. The number of aromatic amines is 1. The van der Waals surface area contributed by atoms with E-state index < -0.39 is 4.92 Å². The molecule has 1 heterocycles. The molecule has 7 nitrogen and oxygen atoms in total. The molecule has 1 aromatic rings. The van der Waals surface area contributed by atoms with Crippen LogP contribution in [0.5, 0.6) is 0 Å². The first-order chi connectivity index (χ1) is 9.72. The highest BCUT2D eigenvalue weighted by atomic mass is 16.6. The maximum Gasteiger partial charge on any atom is 0.348 e. The van der Waals surface area contributed by atoms with Crippen LogP contribution in [0.4, 0.5) is 11.6 Å². The van der Waals surface area contributed by atoms with Crippen molar-refractivity contribution in [2.24, 2.45) is 5.73 Å². The fraction of sp³-hybridized carbons (Fsp3) is 0.769. The number of nitrogens with two attached hydrogens (primary N) is 1. The highest BCUT2D eigenvalue weighted by molar-refractivity contribution is 5.53. The van der Waals surface area contributed by atoms with Gasteiger partial charge < -0.3 is 21.2 Å². The monoisotopic (exact) mass is 281 g/mol. The number of aromatic nitrogens is 2. The Morgan fingerprint density at radius 2 is 2.10 bits per heavy atom. The van der Waals surface area contributed by atoms with E-state index in [2.05, 4.69) is 15.5 Å². The second-order valence-corrected chi connectivity index (χ2v) is 5.38. The van der Waals surface area contributed by atoms with Crippen LogP contribution < -0.4 is 11.1 Å². The average Bonchev–Trinajstić information content (AvgIpc) is 2.83. The zero-order valence-corrected chi connectivity index (χ0v) is 11.7. The summed E-state index contributed by atoms with van der Waals surface area (Å²) in [7, 11) is 0. The Morgan fingerprint density at radius 1 is 1.35 bits per heavy atom. The Labute approximate surface area is 118 Å². The van der Waals surface area contributed by atoms with Gasteiger partial charge in [-0.15, -0.1) is 5.10 Å². The molecule has 1 aliphatic rings. The van der Waals surface area contributed by atoms with Crippen molar-refractivity contribution < 1.29 is 4.92 Å². The van der Waals surface area contributed by atoms with Crippen LogP contribution in [0.25, 0.3) is 0 Å².